The second kappa shape index (κ2) is 4.61. The lowest BCUT2D eigenvalue weighted by molar-refractivity contribution is -0.481. The van der Waals surface area contributed by atoms with Crippen LogP contribution in [0, 0.1) is 0 Å². The predicted molar refractivity (Wildman–Crippen MR) is 61.2 cm³/mol. The Labute approximate surface area is 98.2 Å². The van der Waals surface area contributed by atoms with Gasteiger partial charge in [-0.3, -0.25) is 0 Å². The molecule has 16 heavy (non-hydrogen) atoms. The van der Waals surface area contributed by atoms with Crippen LogP contribution >= 0.6 is 0 Å². The summed E-state index contributed by atoms with van der Waals surface area (Å²) < 4.78 is 23.1. The van der Waals surface area contributed by atoms with Crippen LogP contribution in [0.4, 0.5) is 0 Å². The Hall–Kier alpha value is -0.160. The lowest BCUT2D eigenvalue weighted by Crippen LogP contribution is -2.65. The summed E-state index contributed by atoms with van der Waals surface area (Å²) in [5.74, 6) is -1.09. The zero-order chi connectivity index (χ0) is 12.4. The molecule has 1 rings (SSSR count). The molecule has 0 amide bonds. The third-order valence-corrected chi connectivity index (χ3v) is 2.55. The van der Waals surface area contributed by atoms with E-state index in [2.05, 4.69) is 0 Å². The van der Waals surface area contributed by atoms with E-state index in [1.54, 1.807) is 0 Å². The third kappa shape index (κ3) is 2.56. The van der Waals surface area contributed by atoms with Crippen LogP contribution in [-0.4, -0.2) is 37.0 Å². The lowest BCUT2D eigenvalue weighted by Gasteiger charge is -2.52. The molecule has 4 heteroatoms. The fraction of sp³-hybridized carbons (Fsp3) is 1.00. The van der Waals surface area contributed by atoms with Crippen molar-refractivity contribution in [3.63, 3.8) is 0 Å². The molecular weight excluding hydrogens is 208 g/mol. The van der Waals surface area contributed by atoms with Gasteiger partial charge in [-0.25, -0.2) is 0 Å². The van der Waals surface area contributed by atoms with Gasteiger partial charge in [-0.2, -0.15) is 0 Å². The average Bonchev–Trinajstić information content (AvgIpc) is 2.11. The van der Waals surface area contributed by atoms with Gasteiger partial charge in [0.25, 0.3) is 0 Å². The first-order chi connectivity index (χ1) is 7.29. The molecule has 1 saturated heterocycles. The van der Waals surface area contributed by atoms with Crippen LogP contribution in [0.15, 0.2) is 0 Å². The van der Waals surface area contributed by atoms with Crippen molar-refractivity contribution >= 4 is 0 Å². The fourth-order valence-corrected chi connectivity index (χ4v) is 2.08. The van der Waals surface area contributed by atoms with E-state index in [9.17, 15) is 0 Å². The topological polar surface area (TPSA) is 36.9 Å². The molecule has 1 aliphatic heterocycles. The SMILES string of the molecule is CCOC1(OCC)OCC(C)(C)OC1(C)C. The summed E-state index contributed by atoms with van der Waals surface area (Å²) in [7, 11) is 0. The van der Waals surface area contributed by atoms with Gasteiger partial charge in [-0.15, -0.1) is 0 Å². The number of hydrogen-bond acceptors (Lipinski definition) is 4. The standard InChI is InChI=1S/C12H24O4/c1-7-13-12(14-8-2)11(5,6)16-10(3,4)9-15-12/h7-9H2,1-6H3. The average molecular weight is 232 g/mol. The molecule has 0 spiro atoms. The van der Waals surface area contributed by atoms with Crippen molar-refractivity contribution in [1.29, 1.82) is 0 Å². The summed E-state index contributed by atoms with van der Waals surface area (Å²) in [5.41, 5.74) is -0.956. The third-order valence-electron chi connectivity index (χ3n) is 2.55. The fourth-order valence-electron chi connectivity index (χ4n) is 2.08. The van der Waals surface area contributed by atoms with Crippen LogP contribution in [0.25, 0.3) is 0 Å². The van der Waals surface area contributed by atoms with Crippen LogP contribution < -0.4 is 0 Å². The smallest absolute Gasteiger partial charge is 0.313 e. The van der Waals surface area contributed by atoms with E-state index in [4.69, 9.17) is 18.9 Å². The molecule has 0 N–H and O–H groups in total. The maximum Gasteiger partial charge on any atom is 0.313 e. The highest BCUT2D eigenvalue weighted by atomic mass is 16.9. The quantitative estimate of drug-likeness (QED) is 0.697. The first kappa shape index (κ1) is 13.9. The van der Waals surface area contributed by atoms with Crippen molar-refractivity contribution in [2.24, 2.45) is 0 Å². The second-order valence-corrected chi connectivity index (χ2v) is 5.08. The Kier molecular flexibility index (Phi) is 4.00. The van der Waals surface area contributed by atoms with Crippen molar-refractivity contribution in [3.8, 4) is 0 Å². The van der Waals surface area contributed by atoms with E-state index in [0.29, 0.717) is 19.8 Å². The molecule has 0 aromatic rings. The van der Waals surface area contributed by atoms with Gasteiger partial charge >= 0.3 is 5.97 Å². The summed E-state index contributed by atoms with van der Waals surface area (Å²) in [5, 5.41) is 0. The molecule has 0 radical (unpaired) electrons. The minimum Gasteiger partial charge on any atom is -0.359 e. The van der Waals surface area contributed by atoms with Gasteiger partial charge < -0.3 is 18.9 Å². The Morgan fingerprint density at radius 2 is 1.50 bits per heavy atom. The van der Waals surface area contributed by atoms with Crippen molar-refractivity contribution in [1.82, 2.24) is 0 Å². The molecule has 0 unspecified atom stereocenters. The molecule has 4 nitrogen and oxygen atoms in total. The van der Waals surface area contributed by atoms with E-state index in [1.165, 1.54) is 0 Å². The monoisotopic (exact) mass is 232 g/mol. The summed E-state index contributed by atoms with van der Waals surface area (Å²) in [4.78, 5) is 0. The minimum absolute atomic E-state index is 0.318. The van der Waals surface area contributed by atoms with Crippen LogP contribution in [0.1, 0.15) is 41.5 Å². The van der Waals surface area contributed by atoms with Gasteiger partial charge in [-0.1, -0.05) is 0 Å². The summed E-state index contributed by atoms with van der Waals surface area (Å²) >= 11 is 0. The Morgan fingerprint density at radius 1 is 1.00 bits per heavy atom. The normalized spacial score (nSPS) is 26.6. The summed E-state index contributed by atoms with van der Waals surface area (Å²) in [6.07, 6.45) is 0. The molecule has 0 bridgehead atoms. The van der Waals surface area contributed by atoms with Crippen molar-refractivity contribution < 1.29 is 18.9 Å². The van der Waals surface area contributed by atoms with Crippen molar-refractivity contribution in [2.75, 3.05) is 19.8 Å². The maximum atomic E-state index is 6.01. The predicted octanol–water partition coefficient (Wildman–Crippen LogP) is 2.32. The molecule has 0 aliphatic carbocycles. The van der Waals surface area contributed by atoms with Gasteiger partial charge in [0, 0.05) is 13.2 Å². The molecule has 1 aliphatic rings. The highest BCUT2D eigenvalue weighted by molar-refractivity contribution is 4.91. The molecule has 0 saturated carbocycles. The molecule has 0 aromatic carbocycles. The van der Waals surface area contributed by atoms with Gasteiger partial charge in [-0.05, 0) is 41.5 Å². The first-order valence-electron chi connectivity index (χ1n) is 5.90. The van der Waals surface area contributed by atoms with Gasteiger partial charge in [0.2, 0.25) is 0 Å². The van der Waals surface area contributed by atoms with Crippen LogP contribution in [-0.2, 0) is 18.9 Å². The molecule has 0 atom stereocenters. The van der Waals surface area contributed by atoms with Crippen molar-refractivity contribution in [3.05, 3.63) is 0 Å². The molecule has 96 valence electrons. The van der Waals surface area contributed by atoms with Crippen LogP contribution in [0.3, 0.4) is 0 Å². The number of hydrogen-bond donors (Lipinski definition) is 0. The van der Waals surface area contributed by atoms with Gasteiger partial charge in [0.05, 0.1) is 12.2 Å². The van der Waals surface area contributed by atoms with E-state index < -0.39 is 11.6 Å². The molecule has 1 fully saturated rings. The Bertz CT molecular complexity index is 229. The summed E-state index contributed by atoms with van der Waals surface area (Å²) in [6.45, 7) is 13.2. The molecular formula is C12H24O4. The first-order valence-corrected chi connectivity index (χ1v) is 5.90. The maximum absolute atomic E-state index is 6.01. The van der Waals surface area contributed by atoms with E-state index in [1.807, 2.05) is 41.5 Å². The summed E-state index contributed by atoms with van der Waals surface area (Å²) in [6, 6.07) is 0. The van der Waals surface area contributed by atoms with Crippen LogP contribution in [0.5, 0.6) is 0 Å². The van der Waals surface area contributed by atoms with Gasteiger partial charge in [0.1, 0.15) is 5.60 Å². The van der Waals surface area contributed by atoms with Crippen LogP contribution in [0.2, 0.25) is 0 Å². The number of ether oxygens (including phenoxy) is 4. The van der Waals surface area contributed by atoms with E-state index in [0.717, 1.165) is 0 Å². The van der Waals surface area contributed by atoms with Gasteiger partial charge in [0.15, 0.2) is 0 Å². The lowest BCUT2D eigenvalue weighted by atomic mass is 10.00. The van der Waals surface area contributed by atoms with E-state index in [-0.39, 0.29) is 5.60 Å². The second-order valence-electron chi connectivity index (χ2n) is 5.08. The zero-order valence-corrected chi connectivity index (χ0v) is 11.3. The van der Waals surface area contributed by atoms with E-state index >= 15 is 0 Å². The number of rotatable bonds is 4. The van der Waals surface area contributed by atoms with Crippen molar-refractivity contribution in [2.45, 2.75) is 58.7 Å². The molecule has 0 aromatic heterocycles. The Balaban J connectivity index is 2.92. The Morgan fingerprint density at radius 3 is 1.88 bits per heavy atom. The zero-order valence-electron chi connectivity index (χ0n) is 11.3. The molecule has 1 heterocycles. The largest absolute Gasteiger partial charge is 0.359 e. The highest BCUT2D eigenvalue weighted by Gasteiger charge is 2.56. The highest BCUT2D eigenvalue weighted by Crippen LogP contribution is 2.40. The minimum atomic E-state index is -1.09.